The average molecular weight is 591 g/mol. The van der Waals surface area contributed by atoms with Crippen LogP contribution in [0, 0.1) is 5.82 Å². The predicted molar refractivity (Wildman–Crippen MR) is 156 cm³/mol. The molecule has 0 saturated carbocycles. The van der Waals surface area contributed by atoms with Crippen molar-refractivity contribution in [2.75, 3.05) is 11.5 Å². The molecule has 1 amide bonds. The zero-order valence-corrected chi connectivity index (χ0v) is 23.8. The van der Waals surface area contributed by atoms with Crippen LogP contribution in [0.4, 0.5) is 9.52 Å². The van der Waals surface area contributed by atoms with Gasteiger partial charge in [-0.25, -0.2) is 9.37 Å². The summed E-state index contributed by atoms with van der Waals surface area (Å²) in [6.45, 7) is 5.40. The molecule has 0 radical (unpaired) electrons. The number of ether oxygens (including phenoxy) is 2. The SMILES string of the molecule is CC(=O)O.CCOc1ccc2nc(N3C(=O)C(=O)/C(=C(/O)c4ccc5c(c4)CC(C)O5)C3c3ccccc3F)sc2c1. The smallest absolute Gasteiger partial charge is 0.301 e. The monoisotopic (exact) mass is 590 g/mol. The number of halogens is 1. The van der Waals surface area contributed by atoms with Gasteiger partial charge in [0.05, 0.1) is 22.4 Å². The molecule has 9 nitrogen and oxygen atoms in total. The first kappa shape index (κ1) is 28.7. The maximum absolute atomic E-state index is 15.2. The van der Waals surface area contributed by atoms with Crippen molar-refractivity contribution < 1.29 is 38.5 Å². The van der Waals surface area contributed by atoms with E-state index in [0.29, 0.717) is 35.6 Å². The molecule has 216 valence electrons. The topological polar surface area (TPSA) is 126 Å². The Labute approximate surface area is 244 Å². The highest BCUT2D eigenvalue weighted by Gasteiger charge is 2.49. The second kappa shape index (κ2) is 11.6. The number of fused-ring (bicyclic) bond motifs is 2. The van der Waals surface area contributed by atoms with E-state index in [-0.39, 0.29) is 28.1 Å². The molecule has 2 atom stereocenters. The Balaban J connectivity index is 0.000000830. The first-order chi connectivity index (χ1) is 20.1. The van der Waals surface area contributed by atoms with Gasteiger partial charge in [-0.15, -0.1) is 0 Å². The molecular weight excluding hydrogens is 563 g/mol. The molecule has 0 bridgehead atoms. The molecule has 42 heavy (non-hydrogen) atoms. The molecule has 1 saturated heterocycles. The molecule has 2 unspecified atom stereocenters. The van der Waals surface area contributed by atoms with Crippen LogP contribution < -0.4 is 14.4 Å². The third-order valence-electron chi connectivity index (χ3n) is 6.68. The number of carboxylic acid groups (broad SMARTS) is 1. The van der Waals surface area contributed by atoms with Gasteiger partial charge in [-0.2, -0.15) is 0 Å². The maximum atomic E-state index is 15.2. The highest BCUT2D eigenvalue weighted by atomic mass is 32.1. The van der Waals surface area contributed by atoms with E-state index < -0.39 is 29.5 Å². The van der Waals surface area contributed by atoms with Crippen LogP contribution in [-0.2, 0) is 20.8 Å². The number of Topliss-reactive ketones (excluding diaryl/α,β-unsaturated/α-hetero) is 1. The molecule has 2 N–H and O–H groups in total. The Bertz CT molecular complexity index is 1740. The van der Waals surface area contributed by atoms with Crippen molar-refractivity contribution >= 4 is 50.1 Å². The van der Waals surface area contributed by atoms with Gasteiger partial charge in [0.15, 0.2) is 5.13 Å². The zero-order chi connectivity index (χ0) is 30.1. The summed E-state index contributed by atoms with van der Waals surface area (Å²) in [5.41, 5.74) is 1.73. The number of carbonyl (C=O) groups excluding carboxylic acids is 2. The Morgan fingerprint density at radius 3 is 2.60 bits per heavy atom. The van der Waals surface area contributed by atoms with Gasteiger partial charge in [0.2, 0.25) is 0 Å². The molecule has 3 aromatic carbocycles. The number of nitrogens with zero attached hydrogens (tertiary/aromatic N) is 2. The van der Waals surface area contributed by atoms with E-state index in [4.69, 9.17) is 19.4 Å². The van der Waals surface area contributed by atoms with Gasteiger partial charge in [-0.05, 0) is 61.9 Å². The third kappa shape index (κ3) is 5.42. The summed E-state index contributed by atoms with van der Waals surface area (Å²) in [5.74, 6) is -2.25. The number of hydrogen-bond acceptors (Lipinski definition) is 8. The summed E-state index contributed by atoms with van der Waals surface area (Å²) in [6.07, 6.45) is 0.644. The molecule has 11 heteroatoms. The van der Waals surface area contributed by atoms with E-state index in [9.17, 15) is 14.7 Å². The van der Waals surface area contributed by atoms with Gasteiger partial charge >= 0.3 is 5.91 Å². The number of aliphatic hydroxyl groups excluding tert-OH is 1. The fourth-order valence-corrected chi connectivity index (χ4v) is 6.02. The highest BCUT2D eigenvalue weighted by Crippen LogP contribution is 2.45. The number of rotatable bonds is 5. The Kier molecular flexibility index (Phi) is 7.95. The van der Waals surface area contributed by atoms with Crippen molar-refractivity contribution in [3.63, 3.8) is 0 Å². The van der Waals surface area contributed by atoms with Gasteiger partial charge in [0, 0.05) is 24.5 Å². The molecular formula is C31H27FN2O7S. The van der Waals surface area contributed by atoms with Crippen LogP contribution in [0.25, 0.3) is 16.0 Å². The standard InChI is InChI=1S/C29H23FN2O5S.C2H4O2/c1-3-36-18-9-10-21-23(14-18)38-29(31-21)32-25(19-6-4-5-7-20(19)30)24(27(34)28(32)35)26(33)16-8-11-22-17(13-16)12-15(2)37-22;1-2(3)4/h4-11,13-15,25,33H,3,12H2,1-2H3;1H3,(H,3,4)/b26-24+;. The Morgan fingerprint density at radius 1 is 1.14 bits per heavy atom. The van der Waals surface area contributed by atoms with Gasteiger partial charge in [-0.3, -0.25) is 19.3 Å². The van der Waals surface area contributed by atoms with Crippen LogP contribution in [0.3, 0.4) is 0 Å². The molecule has 1 aromatic heterocycles. The number of aromatic nitrogens is 1. The van der Waals surface area contributed by atoms with Crippen LogP contribution in [0.15, 0.2) is 66.2 Å². The number of anilines is 1. The van der Waals surface area contributed by atoms with Gasteiger partial charge < -0.3 is 19.7 Å². The zero-order valence-electron chi connectivity index (χ0n) is 23.0. The summed E-state index contributed by atoms with van der Waals surface area (Å²) in [4.78, 5) is 41.7. The van der Waals surface area contributed by atoms with Crippen LogP contribution in [0.2, 0.25) is 0 Å². The minimum Gasteiger partial charge on any atom is -0.507 e. The van der Waals surface area contributed by atoms with Crippen molar-refractivity contribution in [2.24, 2.45) is 0 Å². The lowest BCUT2D eigenvalue weighted by Crippen LogP contribution is -2.29. The van der Waals surface area contributed by atoms with Crippen LogP contribution in [0.1, 0.15) is 43.5 Å². The van der Waals surface area contributed by atoms with Crippen molar-refractivity contribution in [3.05, 3.63) is 88.7 Å². The third-order valence-corrected chi connectivity index (χ3v) is 7.70. The van der Waals surface area contributed by atoms with Crippen LogP contribution in [-0.4, -0.2) is 45.6 Å². The molecule has 2 aliphatic rings. The van der Waals surface area contributed by atoms with E-state index in [1.807, 2.05) is 19.9 Å². The fourth-order valence-electron chi connectivity index (χ4n) is 5.00. The molecule has 4 aromatic rings. The van der Waals surface area contributed by atoms with Gasteiger partial charge in [0.25, 0.3) is 11.8 Å². The number of ketones is 1. The minimum absolute atomic E-state index is 0.00586. The van der Waals surface area contributed by atoms with Crippen molar-refractivity contribution in [1.29, 1.82) is 0 Å². The van der Waals surface area contributed by atoms with Gasteiger partial charge in [0.1, 0.15) is 35.2 Å². The van der Waals surface area contributed by atoms with E-state index in [1.54, 1.807) is 36.4 Å². The number of carbonyl (C=O) groups is 3. The Hall–Kier alpha value is -4.77. The number of aliphatic carboxylic acids is 1. The molecule has 2 aliphatic heterocycles. The molecule has 6 rings (SSSR count). The van der Waals surface area contributed by atoms with Crippen molar-refractivity contribution in [1.82, 2.24) is 4.98 Å². The molecule has 0 spiro atoms. The first-order valence-electron chi connectivity index (χ1n) is 13.2. The number of aliphatic hydroxyl groups is 1. The minimum atomic E-state index is -1.20. The number of hydrogen-bond donors (Lipinski definition) is 2. The number of carboxylic acids is 1. The summed E-state index contributed by atoms with van der Waals surface area (Å²) >= 11 is 1.19. The lowest BCUT2D eigenvalue weighted by molar-refractivity contribution is -0.134. The summed E-state index contributed by atoms with van der Waals surface area (Å²) < 4.78 is 27.2. The Morgan fingerprint density at radius 2 is 1.88 bits per heavy atom. The summed E-state index contributed by atoms with van der Waals surface area (Å²) in [5, 5.41) is 19.0. The lowest BCUT2D eigenvalue weighted by Gasteiger charge is -2.23. The van der Waals surface area contributed by atoms with E-state index in [1.165, 1.54) is 34.4 Å². The predicted octanol–water partition coefficient (Wildman–Crippen LogP) is 5.87. The van der Waals surface area contributed by atoms with Crippen molar-refractivity contribution in [2.45, 2.75) is 39.3 Å². The average Bonchev–Trinajstić information content (AvgIpc) is 3.60. The number of amides is 1. The fraction of sp³-hybridized carbons (Fsp3) is 0.226. The van der Waals surface area contributed by atoms with Crippen LogP contribution >= 0.6 is 11.3 Å². The molecule has 0 aliphatic carbocycles. The normalized spacial score (nSPS) is 18.8. The molecule has 1 fully saturated rings. The number of thiazole rings is 1. The highest BCUT2D eigenvalue weighted by molar-refractivity contribution is 7.22. The maximum Gasteiger partial charge on any atom is 0.301 e. The van der Waals surface area contributed by atoms with Gasteiger partial charge in [-0.1, -0.05) is 29.5 Å². The van der Waals surface area contributed by atoms with Crippen LogP contribution in [0.5, 0.6) is 11.5 Å². The quantitative estimate of drug-likeness (QED) is 0.168. The largest absolute Gasteiger partial charge is 0.507 e. The van der Waals surface area contributed by atoms with E-state index >= 15 is 4.39 Å². The summed E-state index contributed by atoms with van der Waals surface area (Å²) in [6, 6.07) is 15.2. The lowest BCUT2D eigenvalue weighted by atomic mass is 9.94. The first-order valence-corrected chi connectivity index (χ1v) is 14.0. The summed E-state index contributed by atoms with van der Waals surface area (Å²) in [7, 11) is 0. The second-order valence-electron chi connectivity index (χ2n) is 9.72. The number of benzene rings is 3. The van der Waals surface area contributed by atoms with E-state index in [2.05, 4.69) is 4.98 Å². The molecule has 3 heterocycles. The van der Waals surface area contributed by atoms with E-state index in [0.717, 1.165) is 17.2 Å². The second-order valence-corrected chi connectivity index (χ2v) is 10.7. The van der Waals surface area contributed by atoms with Crippen molar-refractivity contribution in [3.8, 4) is 11.5 Å².